The number of rotatable bonds is 4. The highest BCUT2D eigenvalue weighted by Crippen LogP contribution is 2.54. The fraction of sp³-hybridized carbons (Fsp3) is 0.529. The van der Waals surface area contributed by atoms with Crippen molar-refractivity contribution in [1.29, 1.82) is 0 Å². The van der Waals surface area contributed by atoms with E-state index in [1.807, 2.05) is 24.3 Å². The molecule has 2 fully saturated rings. The summed E-state index contributed by atoms with van der Waals surface area (Å²) in [5.74, 6) is 0.233. The molecule has 0 heterocycles. The number of nitrogens with two attached hydrogens (primary N) is 1. The van der Waals surface area contributed by atoms with Gasteiger partial charge < -0.3 is 10.5 Å². The molecular weight excluding hydrogens is 346 g/mol. The van der Waals surface area contributed by atoms with Crippen LogP contribution in [0.4, 0.5) is 0 Å². The van der Waals surface area contributed by atoms with Gasteiger partial charge in [-0.2, -0.15) is 0 Å². The number of esters is 1. The molecule has 22 heavy (non-hydrogen) atoms. The minimum Gasteiger partial charge on any atom is -0.469 e. The van der Waals surface area contributed by atoms with Crippen LogP contribution in [-0.2, 0) is 14.3 Å². The number of Topliss-reactive ketones (excluding diaryl/α,β-unsaturated/α-hetero) is 1. The van der Waals surface area contributed by atoms with Gasteiger partial charge in [-0.1, -0.05) is 28.1 Å². The molecule has 5 atom stereocenters. The van der Waals surface area contributed by atoms with Crippen LogP contribution < -0.4 is 5.73 Å². The first-order valence-electron chi connectivity index (χ1n) is 7.64. The summed E-state index contributed by atoms with van der Waals surface area (Å²) in [6.07, 6.45) is 2.67. The molecule has 1 aromatic carbocycles. The molecular formula is C17H20BrNO3. The molecule has 4 nitrogen and oxygen atoms in total. The van der Waals surface area contributed by atoms with Gasteiger partial charge in [0.2, 0.25) is 0 Å². The van der Waals surface area contributed by atoms with Gasteiger partial charge in [0.15, 0.2) is 5.78 Å². The highest BCUT2D eigenvalue weighted by molar-refractivity contribution is 9.10. The van der Waals surface area contributed by atoms with Crippen molar-refractivity contribution < 1.29 is 14.3 Å². The number of carbonyl (C=O) groups excluding carboxylic acids is 2. The van der Waals surface area contributed by atoms with Gasteiger partial charge in [-0.25, -0.2) is 0 Å². The zero-order valence-electron chi connectivity index (χ0n) is 12.5. The van der Waals surface area contributed by atoms with Crippen molar-refractivity contribution in [3.05, 3.63) is 34.3 Å². The number of methoxy groups -OCH3 is 1. The lowest BCUT2D eigenvalue weighted by molar-refractivity contribution is -0.152. The number of hydrogen-bond acceptors (Lipinski definition) is 4. The Hall–Kier alpha value is -1.20. The molecule has 3 unspecified atom stereocenters. The topological polar surface area (TPSA) is 69.4 Å². The Balaban J connectivity index is 1.79. The van der Waals surface area contributed by atoms with Gasteiger partial charge >= 0.3 is 5.97 Å². The predicted octanol–water partition coefficient (Wildman–Crippen LogP) is 2.85. The summed E-state index contributed by atoms with van der Waals surface area (Å²) in [4.78, 5) is 24.9. The highest BCUT2D eigenvalue weighted by atomic mass is 79.9. The molecule has 0 saturated heterocycles. The summed E-state index contributed by atoms with van der Waals surface area (Å²) in [5.41, 5.74) is 6.95. The van der Waals surface area contributed by atoms with Crippen LogP contribution in [0.25, 0.3) is 0 Å². The Labute approximate surface area is 138 Å². The van der Waals surface area contributed by atoms with Crippen LogP contribution >= 0.6 is 15.9 Å². The van der Waals surface area contributed by atoms with Crippen LogP contribution in [0.3, 0.4) is 0 Å². The maximum absolute atomic E-state index is 12.8. The zero-order chi connectivity index (χ0) is 15.9. The quantitative estimate of drug-likeness (QED) is 0.832. The van der Waals surface area contributed by atoms with Gasteiger partial charge in [-0.15, -0.1) is 0 Å². The fourth-order valence-corrected chi connectivity index (χ4v) is 3.92. The number of ketones is 1. The van der Waals surface area contributed by atoms with Gasteiger partial charge in [0.05, 0.1) is 19.1 Å². The second-order valence-corrected chi connectivity index (χ2v) is 7.31. The average molecular weight is 366 g/mol. The van der Waals surface area contributed by atoms with E-state index in [0.29, 0.717) is 11.8 Å². The lowest BCUT2D eigenvalue weighted by atomic mass is 9.74. The maximum Gasteiger partial charge on any atom is 0.309 e. The van der Waals surface area contributed by atoms with E-state index in [1.165, 1.54) is 7.11 Å². The van der Waals surface area contributed by atoms with E-state index in [-0.39, 0.29) is 23.6 Å². The van der Waals surface area contributed by atoms with Crippen molar-refractivity contribution in [3.8, 4) is 0 Å². The number of carbonyl (C=O) groups is 2. The summed E-state index contributed by atoms with van der Waals surface area (Å²) in [7, 11) is 1.39. The summed E-state index contributed by atoms with van der Waals surface area (Å²) >= 11 is 3.37. The summed E-state index contributed by atoms with van der Waals surface area (Å²) in [6.45, 7) is 0. The first-order chi connectivity index (χ1) is 10.5. The number of fused-ring (bicyclic) bond motifs is 1. The Kier molecular flexibility index (Phi) is 4.37. The molecule has 0 aliphatic heterocycles. The highest BCUT2D eigenvalue weighted by Gasteiger charge is 2.51. The molecule has 2 saturated carbocycles. The van der Waals surface area contributed by atoms with E-state index in [0.717, 1.165) is 29.3 Å². The van der Waals surface area contributed by atoms with Gasteiger partial charge in [0.1, 0.15) is 0 Å². The van der Waals surface area contributed by atoms with E-state index < -0.39 is 6.04 Å². The van der Waals surface area contributed by atoms with Crippen molar-refractivity contribution in [2.24, 2.45) is 29.4 Å². The van der Waals surface area contributed by atoms with Crippen LogP contribution in [0.15, 0.2) is 28.7 Å². The lowest BCUT2D eigenvalue weighted by Crippen LogP contribution is -2.39. The molecule has 0 aromatic heterocycles. The van der Waals surface area contributed by atoms with Crippen molar-refractivity contribution in [1.82, 2.24) is 0 Å². The molecule has 0 bridgehead atoms. The third-order valence-electron chi connectivity index (χ3n) is 5.07. The molecule has 0 amide bonds. The van der Waals surface area contributed by atoms with Crippen molar-refractivity contribution in [2.45, 2.75) is 25.3 Å². The molecule has 0 radical (unpaired) electrons. The number of ether oxygens (including phenoxy) is 1. The summed E-state index contributed by atoms with van der Waals surface area (Å²) in [5, 5.41) is 0. The third-order valence-corrected chi connectivity index (χ3v) is 5.60. The largest absolute Gasteiger partial charge is 0.469 e. The Morgan fingerprint density at radius 1 is 1.14 bits per heavy atom. The Morgan fingerprint density at radius 2 is 1.73 bits per heavy atom. The smallest absolute Gasteiger partial charge is 0.309 e. The molecule has 2 N–H and O–H groups in total. The van der Waals surface area contributed by atoms with Crippen molar-refractivity contribution in [3.63, 3.8) is 0 Å². The van der Waals surface area contributed by atoms with E-state index in [1.54, 1.807) is 0 Å². The number of halogens is 1. The first-order valence-corrected chi connectivity index (χ1v) is 8.43. The average Bonchev–Trinajstić information content (AvgIpc) is 3.30. The van der Waals surface area contributed by atoms with Crippen molar-refractivity contribution in [2.75, 3.05) is 7.11 Å². The minimum atomic E-state index is -0.680. The molecule has 2 aliphatic rings. The fourth-order valence-electron chi connectivity index (χ4n) is 3.66. The van der Waals surface area contributed by atoms with Gasteiger partial charge in [-0.3, -0.25) is 9.59 Å². The second-order valence-electron chi connectivity index (χ2n) is 6.40. The third kappa shape index (κ3) is 2.97. The SMILES string of the molecule is COC(=O)[C@@H]1CC2CC2C[C@H]1C(=O)C(N)c1ccc(Br)cc1. The second kappa shape index (κ2) is 6.13. The number of hydrogen-bond donors (Lipinski definition) is 1. The summed E-state index contributed by atoms with van der Waals surface area (Å²) < 4.78 is 5.85. The van der Waals surface area contributed by atoms with Crippen LogP contribution in [0.5, 0.6) is 0 Å². The predicted molar refractivity (Wildman–Crippen MR) is 85.9 cm³/mol. The first kappa shape index (κ1) is 15.7. The summed E-state index contributed by atoms with van der Waals surface area (Å²) in [6, 6.07) is 6.77. The maximum atomic E-state index is 12.8. The van der Waals surface area contributed by atoms with Crippen molar-refractivity contribution >= 4 is 27.7 Å². The Bertz CT molecular complexity index is 586. The molecule has 2 aliphatic carbocycles. The van der Waals surface area contributed by atoms with Crippen LogP contribution in [0.1, 0.15) is 30.9 Å². The minimum absolute atomic E-state index is 0.0388. The van der Waals surface area contributed by atoms with E-state index in [2.05, 4.69) is 15.9 Å². The van der Waals surface area contributed by atoms with E-state index in [4.69, 9.17) is 10.5 Å². The van der Waals surface area contributed by atoms with Gasteiger partial charge in [-0.05, 0) is 48.8 Å². The van der Waals surface area contributed by atoms with Crippen LogP contribution in [0, 0.1) is 23.7 Å². The molecule has 118 valence electrons. The molecule has 1 aromatic rings. The number of benzene rings is 1. The molecule has 0 spiro atoms. The van der Waals surface area contributed by atoms with Gasteiger partial charge in [0, 0.05) is 10.4 Å². The normalized spacial score (nSPS) is 31.0. The Morgan fingerprint density at radius 3 is 2.32 bits per heavy atom. The van der Waals surface area contributed by atoms with E-state index >= 15 is 0 Å². The van der Waals surface area contributed by atoms with E-state index in [9.17, 15) is 9.59 Å². The zero-order valence-corrected chi connectivity index (χ0v) is 14.1. The lowest BCUT2D eigenvalue weighted by Gasteiger charge is -2.30. The van der Waals surface area contributed by atoms with Gasteiger partial charge in [0.25, 0.3) is 0 Å². The monoisotopic (exact) mass is 365 g/mol. The molecule has 3 rings (SSSR count). The van der Waals surface area contributed by atoms with Crippen LogP contribution in [0.2, 0.25) is 0 Å². The standard InChI is InChI=1S/C17H20BrNO3/c1-22-17(21)14-8-11-6-10(11)7-13(14)16(20)15(19)9-2-4-12(18)5-3-9/h2-5,10-11,13-15H,6-8,19H2,1H3/t10?,11?,13-,14-,15?/m1/s1. The van der Waals surface area contributed by atoms with Crippen LogP contribution in [-0.4, -0.2) is 18.9 Å². The molecule has 5 heteroatoms.